The molecule has 1 aromatic carbocycles. The van der Waals surface area contributed by atoms with Crippen molar-refractivity contribution in [2.75, 3.05) is 6.54 Å². The maximum absolute atomic E-state index is 15.6. The lowest BCUT2D eigenvalue weighted by Gasteiger charge is -2.32. The highest BCUT2D eigenvalue weighted by Gasteiger charge is 2.33. The van der Waals surface area contributed by atoms with Gasteiger partial charge in [-0.25, -0.2) is 9.37 Å². The Morgan fingerprint density at radius 3 is 2.78 bits per heavy atom. The first-order valence-electron chi connectivity index (χ1n) is 13.2. The lowest BCUT2D eigenvalue weighted by Crippen LogP contribution is -2.36. The predicted molar refractivity (Wildman–Crippen MR) is 134 cm³/mol. The van der Waals surface area contributed by atoms with Gasteiger partial charge in [0.05, 0.1) is 17.3 Å². The number of benzene rings is 1. The Hall–Kier alpha value is -3.27. The van der Waals surface area contributed by atoms with Crippen LogP contribution in [0.1, 0.15) is 85.9 Å². The molecule has 0 unspecified atom stereocenters. The molecule has 2 fully saturated rings. The van der Waals surface area contributed by atoms with Gasteiger partial charge in [0, 0.05) is 12.1 Å². The van der Waals surface area contributed by atoms with Crippen LogP contribution < -0.4 is 5.32 Å². The Labute approximate surface area is 214 Å². The number of amides is 1. The predicted octanol–water partition coefficient (Wildman–Crippen LogP) is 4.60. The summed E-state index contributed by atoms with van der Waals surface area (Å²) < 4.78 is 20.7. The molecule has 10 heteroatoms. The van der Waals surface area contributed by atoms with Crippen molar-refractivity contribution in [1.82, 2.24) is 25.3 Å². The molecule has 2 aromatic heterocycles. The number of hydrogen-bond acceptors (Lipinski definition) is 6. The van der Waals surface area contributed by atoms with Crippen LogP contribution in [0.15, 0.2) is 22.9 Å². The van der Waals surface area contributed by atoms with E-state index in [1.54, 1.807) is 17.0 Å². The highest BCUT2D eigenvalue weighted by Crippen LogP contribution is 2.37. The molecule has 37 heavy (non-hydrogen) atoms. The molecule has 0 radical (unpaired) electrons. The van der Waals surface area contributed by atoms with E-state index in [1.807, 2.05) is 6.92 Å². The number of fused-ring (bicyclic) bond motifs is 1. The summed E-state index contributed by atoms with van der Waals surface area (Å²) in [7, 11) is 0. The van der Waals surface area contributed by atoms with E-state index >= 15 is 4.39 Å². The van der Waals surface area contributed by atoms with Gasteiger partial charge in [-0.15, -0.1) is 0 Å². The number of H-pyrrole nitrogens is 1. The highest BCUT2D eigenvalue weighted by atomic mass is 19.1. The molecule has 1 amide bonds. The first-order valence-corrected chi connectivity index (χ1v) is 13.2. The summed E-state index contributed by atoms with van der Waals surface area (Å²) in [6.45, 7) is 4.99. The van der Waals surface area contributed by atoms with Crippen LogP contribution in [0.25, 0.3) is 11.0 Å². The van der Waals surface area contributed by atoms with Gasteiger partial charge in [-0.3, -0.25) is 14.5 Å². The first kappa shape index (κ1) is 25.4. The van der Waals surface area contributed by atoms with Gasteiger partial charge in [0.25, 0.3) is 5.91 Å². The van der Waals surface area contributed by atoms with Gasteiger partial charge in [-0.1, -0.05) is 37.9 Å². The lowest BCUT2D eigenvalue weighted by molar-refractivity contribution is -0.142. The Balaban J connectivity index is 1.44. The highest BCUT2D eigenvalue weighted by molar-refractivity contribution is 5.95. The van der Waals surface area contributed by atoms with Gasteiger partial charge in [-0.05, 0) is 56.6 Å². The van der Waals surface area contributed by atoms with Gasteiger partial charge >= 0.3 is 5.97 Å². The number of carboxylic acids is 1. The second-order valence-corrected chi connectivity index (χ2v) is 10.5. The number of aryl methyl sites for hydroxylation is 1. The zero-order chi connectivity index (χ0) is 26.1. The van der Waals surface area contributed by atoms with Crippen LogP contribution in [0, 0.1) is 17.7 Å². The van der Waals surface area contributed by atoms with Crippen molar-refractivity contribution in [3.8, 4) is 0 Å². The van der Waals surface area contributed by atoms with Gasteiger partial charge in [0.15, 0.2) is 5.82 Å². The molecular formula is C27H34FN5O4. The standard InChI is InChI=1S/C27H34FN5O4/c1-3-19-18(14-37-32-19)26(34)31-23(16-8-6-15(2)7-9-16)25-29-20-11-10-17(22(28)24(20)30-25)13-33-12-4-5-21(33)27(35)36/h10-11,14-16,21,23H,3-9,12-13H2,1-2H3,(H,29,30)(H,31,34)(H,35,36)/t15?,16?,21-,23+/m1/s1. The van der Waals surface area contributed by atoms with Crippen LogP contribution in [0.4, 0.5) is 4.39 Å². The van der Waals surface area contributed by atoms with Crippen LogP contribution in [0.5, 0.6) is 0 Å². The number of aromatic amines is 1. The molecule has 198 valence electrons. The van der Waals surface area contributed by atoms with E-state index in [2.05, 4.69) is 27.4 Å². The lowest BCUT2D eigenvalue weighted by atomic mass is 9.79. The van der Waals surface area contributed by atoms with E-state index in [4.69, 9.17) is 4.52 Å². The molecule has 2 aliphatic rings. The van der Waals surface area contributed by atoms with Crippen molar-refractivity contribution in [1.29, 1.82) is 0 Å². The van der Waals surface area contributed by atoms with Crippen molar-refractivity contribution >= 4 is 22.9 Å². The third kappa shape index (κ3) is 5.12. The second-order valence-electron chi connectivity index (χ2n) is 10.5. The maximum Gasteiger partial charge on any atom is 0.320 e. The molecule has 1 aliphatic carbocycles. The summed E-state index contributed by atoms with van der Waals surface area (Å²) in [5, 5.41) is 16.5. The molecule has 0 bridgehead atoms. The Kier molecular flexibility index (Phi) is 7.28. The molecule has 9 nitrogen and oxygen atoms in total. The zero-order valence-electron chi connectivity index (χ0n) is 21.3. The fourth-order valence-corrected chi connectivity index (χ4v) is 5.83. The molecule has 2 atom stereocenters. The normalized spacial score (nSPS) is 23.4. The van der Waals surface area contributed by atoms with Crippen LogP contribution in [0.2, 0.25) is 0 Å². The fraction of sp³-hybridized carbons (Fsp3) is 0.556. The number of hydrogen-bond donors (Lipinski definition) is 3. The number of carbonyl (C=O) groups is 2. The van der Waals surface area contributed by atoms with E-state index in [0.717, 1.165) is 32.1 Å². The average molecular weight is 512 g/mol. The van der Waals surface area contributed by atoms with Gasteiger partial charge in [0.2, 0.25) is 0 Å². The molecule has 5 rings (SSSR count). The average Bonchev–Trinajstić information content (AvgIpc) is 3.64. The van der Waals surface area contributed by atoms with Crippen molar-refractivity contribution in [2.24, 2.45) is 11.8 Å². The quantitative estimate of drug-likeness (QED) is 0.404. The zero-order valence-corrected chi connectivity index (χ0v) is 21.3. The summed E-state index contributed by atoms with van der Waals surface area (Å²) in [5.74, 6) is -0.288. The molecule has 3 N–H and O–H groups in total. The number of carboxylic acid groups (broad SMARTS) is 1. The number of nitrogens with zero attached hydrogens (tertiary/aromatic N) is 3. The third-order valence-corrected chi connectivity index (χ3v) is 8.05. The molecule has 3 aromatic rings. The second kappa shape index (κ2) is 10.6. The molecule has 0 spiro atoms. The number of halogens is 1. The number of likely N-dealkylation sites (tertiary alicyclic amines) is 1. The minimum absolute atomic E-state index is 0.161. The topological polar surface area (TPSA) is 124 Å². The minimum Gasteiger partial charge on any atom is -0.480 e. The first-order chi connectivity index (χ1) is 17.9. The monoisotopic (exact) mass is 511 g/mol. The fourth-order valence-electron chi connectivity index (χ4n) is 5.83. The van der Waals surface area contributed by atoms with E-state index in [9.17, 15) is 14.7 Å². The smallest absolute Gasteiger partial charge is 0.320 e. The van der Waals surface area contributed by atoms with E-state index in [0.29, 0.717) is 53.5 Å². The number of nitrogens with one attached hydrogen (secondary N) is 2. The largest absolute Gasteiger partial charge is 0.480 e. The Bertz CT molecular complexity index is 1280. The van der Waals surface area contributed by atoms with E-state index in [1.165, 1.54) is 6.26 Å². The molecule has 1 saturated heterocycles. The third-order valence-electron chi connectivity index (χ3n) is 8.05. The van der Waals surface area contributed by atoms with E-state index in [-0.39, 0.29) is 23.9 Å². The Morgan fingerprint density at radius 1 is 1.27 bits per heavy atom. The number of rotatable bonds is 8. The summed E-state index contributed by atoms with van der Waals surface area (Å²) in [5.41, 5.74) is 2.18. The minimum atomic E-state index is -0.875. The SMILES string of the molecule is CCc1nocc1C(=O)N[C@H](c1nc2c(F)c(CN3CCC[C@@H]3C(=O)O)ccc2[nH]1)C1CCC(C)CC1. The van der Waals surface area contributed by atoms with Crippen molar-refractivity contribution in [3.05, 3.63) is 46.9 Å². The van der Waals surface area contributed by atoms with Crippen LogP contribution >= 0.6 is 0 Å². The summed E-state index contributed by atoms with van der Waals surface area (Å²) in [6, 6.07) is 2.47. The number of carbonyl (C=O) groups excluding carboxylic acids is 1. The van der Waals surface area contributed by atoms with Crippen molar-refractivity contribution in [3.63, 3.8) is 0 Å². The maximum atomic E-state index is 15.6. The number of imidazole rings is 1. The summed E-state index contributed by atoms with van der Waals surface area (Å²) in [4.78, 5) is 34.5. The molecular weight excluding hydrogens is 477 g/mol. The van der Waals surface area contributed by atoms with Gasteiger partial charge in [0.1, 0.15) is 29.2 Å². The summed E-state index contributed by atoms with van der Waals surface area (Å²) in [6.07, 6.45) is 7.28. The van der Waals surface area contributed by atoms with E-state index < -0.39 is 23.9 Å². The summed E-state index contributed by atoms with van der Waals surface area (Å²) >= 11 is 0. The van der Waals surface area contributed by atoms with Crippen molar-refractivity contribution in [2.45, 2.75) is 77.4 Å². The van der Waals surface area contributed by atoms with Crippen LogP contribution in [-0.4, -0.2) is 49.6 Å². The molecule has 1 saturated carbocycles. The van der Waals surface area contributed by atoms with Gasteiger partial charge in [-0.2, -0.15) is 0 Å². The number of aromatic nitrogens is 3. The molecule has 1 aliphatic heterocycles. The van der Waals surface area contributed by atoms with Crippen LogP contribution in [-0.2, 0) is 17.8 Å². The van der Waals surface area contributed by atoms with Gasteiger partial charge < -0.3 is 19.9 Å². The van der Waals surface area contributed by atoms with Crippen LogP contribution in [0.3, 0.4) is 0 Å². The Morgan fingerprint density at radius 2 is 2.05 bits per heavy atom. The number of aliphatic carboxylic acids is 1. The van der Waals surface area contributed by atoms with Crippen molar-refractivity contribution < 1.29 is 23.6 Å². The molecule has 3 heterocycles.